The molecule has 0 unspecified atom stereocenters. The molecule has 4 rings (SSSR count). The van der Waals surface area contributed by atoms with Gasteiger partial charge in [-0.1, -0.05) is 68.4 Å². The number of carbonyl (C=O) groups is 1. The van der Waals surface area contributed by atoms with Crippen molar-refractivity contribution in [3.8, 4) is 0 Å². The maximum Gasteiger partial charge on any atom is 0.262 e. The summed E-state index contributed by atoms with van der Waals surface area (Å²) in [4.78, 5) is 15.2. The van der Waals surface area contributed by atoms with E-state index in [-0.39, 0.29) is 12.1 Å². The number of carbonyl (C=O) groups excluding carboxylic acids is 1. The van der Waals surface area contributed by atoms with Crippen molar-refractivity contribution in [3.05, 3.63) is 95.6 Å². The number of fused-ring (bicyclic) bond motifs is 1. The second kappa shape index (κ2) is 6.68. The van der Waals surface area contributed by atoms with Gasteiger partial charge in [0.25, 0.3) is 5.91 Å². The van der Waals surface area contributed by atoms with Gasteiger partial charge in [0.15, 0.2) is 0 Å². The Morgan fingerprint density at radius 1 is 0.846 bits per heavy atom. The normalized spacial score (nSPS) is 16.3. The fourth-order valence-corrected chi connectivity index (χ4v) is 3.41. The Labute approximate surface area is 154 Å². The van der Waals surface area contributed by atoms with Crippen LogP contribution in [0, 0.1) is 0 Å². The zero-order valence-electron chi connectivity index (χ0n) is 15.0. The number of hydrogen-bond donors (Lipinski definition) is 1. The SMILES string of the molecule is CC(C)c1ccc(N2C(=O)c3ccccc3N[C@H]2c2ccccc2)cc1. The minimum absolute atomic E-state index is 0.0190. The van der Waals surface area contributed by atoms with E-state index >= 15 is 0 Å². The molecule has 1 heterocycles. The molecule has 0 spiro atoms. The van der Waals surface area contributed by atoms with Crippen molar-refractivity contribution in [1.29, 1.82) is 0 Å². The largest absolute Gasteiger partial charge is 0.360 e. The molecule has 1 atom stereocenters. The molecule has 1 aliphatic rings. The summed E-state index contributed by atoms with van der Waals surface area (Å²) >= 11 is 0. The zero-order valence-corrected chi connectivity index (χ0v) is 15.0. The van der Waals surface area contributed by atoms with Crippen molar-refractivity contribution in [1.82, 2.24) is 0 Å². The first-order valence-corrected chi connectivity index (χ1v) is 8.99. The Bertz CT molecular complexity index is 916. The van der Waals surface area contributed by atoms with E-state index in [1.165, 1.54) is 5.56 Å². The van der Waals surface area contributed by atoms with Crippen LogP contribution in [0.2, 0.25) is 0 Å². The van der Waals surface area contributed by atoms with Crippen molar-refractivity contribution in [2.24, 2.45) is 0 Å². The number of nitrogens with zero attached hydrogens (tertiary/aromatic N) is 1. The number of hydrogen-bond acceptors (Lipinski definition) is 2. The lowest BCUT2D eigenvalue weighted by Gasteiger charge is -2.38. The first-order chi connectivity index (χ1) is 12.6. The van der Waals surface area contributed by atoms with E-state index in [9.17, 15) is 4.79 Å². The molecule has 3 aromatic rings. The quantitative estimate of drug-likeness (QED) is 0.674. The molecule has 0 bridgehead atoms. The van der Waals surface area contributed by atoms with Gasteiger partial charge in [0.05, 0.1) is 5.56 Å². The summed E-state index contributed by atoms with van der Waals surface area (Å²) in [6, 6.07) is 26.1. The summed E-state index contributed by atoms with van der Waals surface area (Å²) in [7, 11) is 0. The highest BCUT2D eigenvalue weighted by atomic mass is 16.2. The van der Waals surface area contributed by atoms with Crippen LogP contribution >= 0.6 is 0 Å². The second-order valence-electron chi connectivity index (χ2n) is 6.92. The third-order valence-electron chi connectivity index (χ3n) is 4.88. The van der Waals surface area contributed by atoms with Crippen LogP contribution in [0.5, 0.6) is 0 Å². The molecule has 0 radical (unpaired) electrons. The number of rotatable bonds is 3. The lowest BCUT2D eigenvalue weighted by molar-refractivity contribution is 0.0975. The molecule has 0 fully saturated rings. The first kappa shape index (κ1) is 16.4. The fraction of sp³-hybridized carbons (Fsp3) is 0.174. The molecule has 130 valence electrons. The van der Waals surface area contributed by atoms with Crippen LogP contribution in [-0.4, -0.2) is 5.91 Å². The molecule has 1 aliphatic heterocycles. The van der Waals surface area contributed by atoms with E-state index < -0.39 is 0 Å². The molecular weight excluding hydrogens is 320 g/mol. The van der Waals surface area contributed by atoms with Crippen molar-refractivity contribution in [2.75, 3.05) is 10.2 Å². The van der Waals surface area contributed by atoms with Crippen LogP contribution in [0.3, 0.4) is 0 Å². The van der Waals surface area contributed by atoms with E-state index in [4.69, 9.17) is 0 Å². The highest BCUT2D eigenvalue weighted by Crippen LogP contribution is 2.36. The Kier molecular flexibility index (Phi) is 4.21. The standard InChI is InChI=1S/C23H22N2O/c1-16(2)17-12-14-19(15-13-17)25-22(18-8-4-3-5-9-18)24-21-11-7-6-10-20(21)23(25)26/h3-16,22,24H,1-2H3/t22-/m1/s1. The number of para-hydroxylation sites is 1. The maximum absolute atomic E-state index is 13.3. The highest BCUT2D eigenvalue weighted by Gasteiger charge is 2.33. The third kappa shape index (κ3) is 2.86. The van der Waals surface area contributed by atoms with Crippen molar-refractivity contribution in [3.63, 3.8) is 0 Å². The Morgan fingerprint density at radius 3 is 2.19 bits per heavy atom. The Balaban J connectivity index is 1.81. The van der Waals surface area contributed by atoms with Gasteiger partial charge in [0.2, 0.25) is 0 Å². The molecule has 0 aliphatic carbocycles. The minimum atomic E-state index is -0.233. The first-order valence-electron chi connectivity index (χ1n) is 8.99. The second-order valence-corrected chi connectivity index (χ2v) is 6.92. The van der Waals surface area contributed by atoms with E-state index in [1.807, 2.05) is 71.6 Å². The van der Waals surface area contributed by atoms with Crippen LogP contribution in [0.4, 0.5) is 11.4 Å². The van der Waals surface area contributed by atoms with Gasteiger partial charge < -0.3 is 5.32 Å². The maximum atomic E-state index is 13.3. The fourth-order valence-electron chi connectivity index (χ4n) is 3.41. The van der Waals surface area contributed by atoms with Crippen molar-refractivity contribution in [2.45, 2.75) is 25.9 Å². The summed E-state index contributed by atoms with van der Waals surface area (Å²) in [6.45, 7) is 4.34. The average molecular weight is 342 g/mol. The molecular formula is C23H22N2O. The van der Waals surface area contributed by atoms with Gasteiger partial charge in [0.1, 0.15) is 6.17 Å². The lowest BCUT2D eigenvalue weighted by atomic mass is 10.0. The van der Waals surface area contributed by atoms with Crippen LogP contribution in [0.1, 0.15) is 47.4 Å². The van der Waals surface area contributed by atoms with Crippen LogP contribution in [0.25, 0.3) is 0 Å². The summed E-state index contributed by atoms with van der Waals surface area (Å²) in [6.07, 6.45) is -0.233. The Morgan fingerprint density at radius 2 is 1.50 bits per heavy atom. The van der Waals surface area contributed by atoms with Gasteiger partial charge in [-0.15, -0.1) is 0 Å². The molecule has 1 N–H and O–H groups in total. The van der Waals surface area contributed by atoms with Gasteiger partial charge in [-0.25, -0.2) is 0 Å². The summed E-state index contributed by atoms with van der Waals surface area (Å²) in [5, 5.41) is 3.53. The molecule has 3 heteroatoms. The van der Waals surface area contributed by atoms with Gasteiger partial charge in [-0.3, -0.25) is 9.69 Å². The molecule has 3 aromatic carbocycles. The monoisotopic (exact) mass is 342 g/mol. The zero-order chi connectivity index (χ0) is 18.1. The molecule has 0 aromatic heterocycles. The average Bonchev–Trinajstić information content (AvgIpc) is 2.69. The van der Waals surface area contributed by atoms with Crippen LogP contribution in [-0.2, 0) is 0 Å². The number of amides is 1. The van der Waals surface area contributed by atoms with Gasteiger partial charge >= 0.3 is 0 Å². The molecule has 0 saturated carbocycles. The van der Waals surface area contributed by atoms with E-state index in [1.54, 1.807) is 0 Å². The summed E-state index contributed by atoms with van der Waals surface area (Å²) in [5.41, 5.74) is 4.80. The predicted octanol–water partition coefficient (Wildman–Crippen LogP) is 5.58. The molecule has 26 heavy (non-hydrogen) atoms. The van der Waals surface area contributed by atoms with E-state index in [0.29, 0.717) is 11.5 Å². The minimum Gasteiger partial charge on any atom is -0.360 e. The topological polar surface area (TPSA) is 32.3 Å². The van der Waals surface area contributed by atoms with Crippen LogP contribution in [0.15, 0.2) is 78.9 Å². The van der Waals surface area contributed by atoms with Gasteiger partial charge in [-0.2, -0.15) is 0 Å². The van der Waals surface area contributed by atoms with E-state index in [2.05, 4.69) is 31.3 Å². The smallest absolute Gasteiger partial charge is 0.262 e. The van der Waals surface area contributed by atoms with Gasteiger partial charge in [-0.05, 0) is 41.3 Å². The highest BCUT2D eigenvalue weighted by molar-refractivity contribution is 6.12. The van der Waals surface area contributed by atoms with Gasteiger partial charge in [0, 0.05) is 11.4 Å². The Hall–Kier alpha value is -3.07. The molecule has 3 nitrogen and oxygen atoms in total. The lowest BCUT2D eigenvalue weighted by Crippen LogP contribution is -2.43. The predicted molar refractivity (Wildman–Crippen MR) is 107 cm³/mol. The van der Waals surface area contributed by atoms with E-state index in [0.717, 1.165) is 16.9 Å². The molecule has 0 saturated heterocycles. The third-order valence-corrected chi connectivity index (χ3v) is 4.88. The van der Waals surface area contributed by atoms with Crippen molar-refractivity contribution < 1.29 is 4.79 Å². The summed E-state index contributed by atoms with van der Waals surface area (Å²) < 4.78 is 0. The number of benzene rings is 3. The summed E-state index contributed by atoms with van der Waals surface area (Å²) in [5.74, 6) is 0.482. The number of nitrogens with one attached hydrogen (secondary N) is 1. The molecule has 1 amide bonds. The number of anilines is 2. The van der Waals surface area contributed by atoms with Crippen molar-refractivity contribution >= 4 is 17.3 Å². The van der Waals surface area contributed by atoms with Crippen LogP contribution < -0.4 is 10.2 Å².